The minimum atomic E-state index is -3.61. The maximum absolute atomic E-state index is 12.7. The van der Waals surface area contributed by atoms with E-state index in [1.54, 1.807) is 50.2 Å². The second kappa shape index (κ2) is 5.16. The molecule has 0 fully saturated rings. The van der Waals surface area contributed by atoms with Crippen molar-refractivity contribution in [3.05, 3.63) is 57.6 Å². The molecule has 0 saturated heterocycles. The molecule has 2 aromatic carbocycles. The van der Waals surface area contributed by atoms with Crippen LogP contribution in [0.25, 0.3) is 0 Å². The highest BCUT2D eigenvalue weighted by molar-refractivity contribution is 7.91. The van der Waals surface area contributed by atoms with Crippen LogP contribution in [0.3, 0.4) is 0 Å². The van der Waals surface area contributed by atoms with Crippen LogP contribution < -0.4 is 0 Å². The van der Waals surface area contributed by atoms with Crippen molar-refractivity contribution in [2.75, 3.05) is 0 Å². The average Bonchev–Trinajstić information content (AvgIpc) is 2.35. The Balaban J connectivity index is 2.73. The van der Waals surface area contributed by atoms with Crippen LogP contribution in [0, 0.1) is 13.8 Å². The Hall–Kier alpha value is -1.03. The lowest BCUT2D eigenvalue weighted by molar-refractivity contribution is 0.595. The summed E-state index contributed by atoms with van der Waals surface area (Å²) in [4.78, 5) is 0.427. The highest BCUT2D eigenvalue weighted by Gasteiger charge is 2.23. The number of hydrogen-bond acceptors (Lipinski definition) is 2. The lowest BCUT2D eigenvalue weighted by atomic mass is 10.2. The van der Waals surface area contributed by atoms with Gasteiger partial charge in [0.2, 0.25) is 9.84 Å². The number of rotatable bonds is 2. The Kier molecular flexibility index (Phi) is 3.90. The fourth-order valence-corrected chi connectivity index (χ4v) is 4.12. The minimum Gasteiger partial charge on any atom is -0.218 e. The summed E-state index contributed by atoms with van der Waals surface area (Å²) in [5, 5.41) is 0.863. The zero-order chi connectivity index (χ0) is 14.2. The Morgan fingerprint density at radius 2 is 1.16 bits per heavy atom. The van der Waals surface area contributed by atoms with Gasteiger partial charge in [-0.05, 0) is 49.2 Å². The van der Waals surface area contributed by atoms with Gasteiger partial charge in [0.05, 0.1) is 9.79 Å². The molecule has 0 heterocycles. The Labute approximate surface area is 122 Å². The van der Waals surface area contributed by atoms with Gasteiger partial charge in [0.25, 0.3) is 0 Å². The van der Waals surface area contributed by atoms with E-state index < -0.39 is 9.84 Å². The molecule has 19 heavy (non-hydrogen) atoms. The molecule has 0 N–H and O–H groups in total. The number of hydrogen-bond donors (Lipinski definition) is 0. The molecule has 0 spiro atoms. The van der Waals surface area contributed by atoms with E-state index in [1.165, 1.54) is 0 Å². The highest BCUT2D eigenvalue weighted by atomic mass is 35.5. The van der Waals surface area contributed by atoms with E-state index in [4.69, 9.17) is 23.2 Å². The van der Waals surface area contributed by atoms with Crippen molar-refractivity contribution in [3.8, 4) is 0 Å². The van der Waals surface area contributed by atoms with Gasteiger partial charge in [0, 0.05) is 10.0 Å². The average molecular weight is 315 g/mol. The van der Waals surface area contributed by atoms with Gasteiger partial charge in [-0.3, -0.25) is 0 Å². The van der Waals surface area contributed by atoms with Crippen LogP contribution in [0.2, 0.25) is 10.0 Å². The predicted molar refractivity (Wildman–Crippen MR) is 77.8 cm³/mol. The zero-order valence-corrected chi connectivity index (χ0v) is 12.8. The molecule has 0 atom stereocenters. The molecular weight excluding hydrogens is 303 g/mol. The lowest BCUT2D eigenvalue weighted by Gasteiger charge is -2.11. The van der Waals surface area contributed by atoms with Crippen LogP contribution >= 0.6 is 23.2 Å². The largest absolute Gasteiger partial charge is 0.218 e. The van der Waals surface area contributed by atoms with Gasteiger partial charge in [0.1, 0.15) is 0 Å². The maximum Gasteiger partial charge on any atom is 0.207 e. The van der Waals surface area contributed by atoms with Gasteiger partial charge in [-0.2, -0.15) is 0 Å². The topological polar surface area (TPSA) is 34.1 Å². The van der Waals surface area contributed by atoms with E-state index in [1.807, 2.05) is 0 Å². The quantitative estimate of drug-likeness (QED) is 0.821. The van der Waals surface area contributed by atoms with E-state index in [2.05, 4.69) is 0 Å². The molecule has 0 aromatic heterocycles. The van der Waals surface area contributed by atoms with Crippen LogP contribution in [-0.2, 0) is 9.84 Å². The summed E-state index contributed by atoms with van der Waals surface area (Å²) in [5.74, 6) is 0. The molecule has 2 rings (SSSR count). The number of halogens is 2. The number of sulfone groups is 1. The third-order valence-corrected chi connectivity index (χ3v) is 5.88. The van der Waals surface area contributed by atoms with Gasteiger partial charge in [0.15, 0.2) is 0 Å². The maximum atomic E-state index is 12.7. The SMILES string of the molecule is Cc1c(Cl)cccc1S(=O)(=O)c1cccc(Cl)c1C. The van der Waals surface area contributed by atoms with Gasteiger partial charge in [-0.25, -0.2) is 8.42 Å². The fourth-order valence-electron chi connectivity index (χ4n) is 1.88. The number of benzene rings is 2. The molecule has 0 aliphatic carbocycles. The molecule has 2 nitrogen and oxygen atoms in total. The van der Waals surface area contributed by atoms with Crippen LogP contribution in [0.1, 0.15) is 11.1 Å². The van der Waals surface area contributed by atoms with Crippen LogP contribution in [0.4, 0.5) is 0 Å². The van der Waals surface area contributed by atoms with Crippen molar-refractivity contribution in [1.29, 1.82) is 0 Å². The first-order valence-electron chi connectivity index (χ1n) is 5.61. The molecule has 2 aromatic rings. The van der Waals surface area contributed by atoms with Crippen LogP contribution in [0.5, 0.6) is 0 Å². The molecular formula is C14H12Cl2O2S. The molecule has 0 bridgehead atoms. The van der Waals surface area contributed by atoms with E-state index in [9.17, 15) is 8.42 Å². The van der Waals surface area contributed by atoms with Gasteiger partial charge in [-0.15, -0.1) is 0 Å². The molecule has 100 valence electrons. The first-order valence-corrected chi connectivity index (χ1v) is 7.85. The third kappa shape index (κ3) is 2.50. The normalized spacial score (nSPS) is 11.6. The summed E-state index contributed by atoms with van der Waals surface area (Å²) < 4.78 is 25.3. The van der Waals surface area contributed by atoms with E-state index in [0.29, 0.717) is 21.2 Å². The summed E-state index contributed by atoms with van der Waals surface area (Å²) in [5.41, 5.74) is 1.09. The molecule has 0 unspecified atom stereocenters. The minimum absolute atomic E-state index is 0.213. The molecule has 0 saturated carbocycles. The smallest absolute Gasteiger partial charge is 0.207 e. The molecule has 0 amide bonds. The second-order valence-corrected chi connectivity index (χ2v) is 6.93. The summed E-state index contributed by atoms with van der Waals surface area (Å²) in [7, 11) is -3.61. The monoisotopic (exact) mass is 314 g/mol. The lowest BCUT2D eigenvalue weighted by Crippen LogP contribution is -2.06. The Bertz CT molecular complexity index is 680. The van der Waals surface area contributed by atoms with Crippen molar-refractivity contribution < 1.29 is 8.42 Å². The first-order chi connectivity index (χ1) is 8.85. The fraction of sp³-hybridized carbons (Fsp3) is 0.143. The Morgan fingerprint density at radius 3 is 1.53 bits per heavy atom. The van der Waals surface area contributed by atoms with Crippen molar-refractivity contribution >= 4 is 33.0 Å². The zero-order valence-electron chi connectivity index (χ0n) is 10.4. The van der Waals surface area contributed by atoms with E-state index in [-0.39, 0.29) is 9.79 Å². The van der Waals surface area contributed by atoms with Crippen molar-refractivity contribution in [3.63, 3.8) is 0 Å². The van der Waals surface area contributed by atoms with Gasteiger partial charge < -0.3 is 0 Å². The molecule has 0 radical (unpaired) electrons. The van der Waals surface area contributed by atoms with Crippen molar-refractivity contribution in [1.82, 2.24) is 0 Å². The van der Waals surface area contributed by atoms with Crippen LogP contribution in [-0.4, -0.2) is 8.42 Å². The molecule has 5 heteroatoms. The first kappa shape index (κ1) is 14.4. The van der Waals surface area contributed by atoms with Gasteiger partial charge in [-0.1, -0.05) is 35.3 Å². The van der Waals surface area contributed by atoms with E-state index in [0.717, 1.165) is 0 Å². The predicted octanol–water partition coefficient (Wildman–Crippen LogP) is 4.44. The summed E-state index contributed by atoms with van der Waals surface area (Å²) >= 11 is 12.0. The third-order valence-electron chi connectivity index (χ3n) is 3.02. The summed E-state index contributed by atoms with van der Waals surface area (Å²) in [6.07, 6.45) is 0. The van der Waals surface area contributed by atoms with Crippen molar-refractivity contribution in [2.24, 2.45) is 0 Å². The highest BCUT2D eigenvalue weighted by Crippen LogP contribution is 2.31. The van der Waals surface area contributed by atoms with E-state index >= 15 is 0 Å². The molecule has 0 aliphatic rings. The Morgan fingerprint density at radius 1 is 0.789 bits per heavy atom. The molecule has 0 aliphatic heterocycles. The van der Waals surface area contributed by atoms with Crippen molar-refractivity contribution in [2.45, 2.75) is 23.6 Å². The standard InChI is InChI=1S/C14H12Cl2O2S/c1-9-11(15)5-3-7-13(9)19(17,18)14-8-4-6-12(16)10(14)2/h3-8H,1-2H3. The van der Waals surface area contributed by atoms with Gasteiger partial charge >= 0.3 is 0 Å². The van der Waals surface area contributed by atoms with Crippen LogP contribution in [0.15, 0.2) is 46.2 Å². The second-order valence-electron chi connectivity index (χ2n) is 4.23. The summed E-state index contributed by atoms with van der Waals surface area (Å²) in [6.45, 7) is 3.38. The summed E-state index contributed by atoms with van der Waals surface area (Å²) in [6, 6.07) is 9.69.